The first-order valence-electron chi connectivity index (χ1n) is 10.2. The van der Waals surface area contributed by atoms with Gasteiger partial charge in [0.1, 0.15) is 0 Å². The van der Waals surface area contributed by atoms with Crippen molar-refractivity contribution in [2.45, 2.75) is 53.0 Å². The maximum atomic E-state index is 12.2. The molecule has 6 nitrogen and oxygen atoms in total. The molecule has 0 bridgehead atoms. The SMILES string of the molecule is CCNC(=NCC(c1cccnc1)C(C)C)NC1CCN(C(=O)C(C)C)C1. The fraction of sp³-hybridized carbons (Fsp3) is 0.667. The third-order valence-electron chi connectivity index (χ3n) is 5.04. The van der Waals surface area contributed by atoms with E-state index in [0.29, 0.717) is 18.4 Å². The molecule has 1 aliphatic heterocycles. The molecule has 1 aromatic heterocycles. The maximum Gasteiger partial charge on any atom is 0.225 e. The normalized spacial score (nSPS) is 18.9. The summed E-state index contributed by atoms with van der Waals surface area (Å²) in [4.78, 5) is 23.3. The molecule has 2 rings (SSSR count). The lowest BCUT2D eigenvalue weighted by Gasteiger charge is -2.22. The van der Waals surface area contributed by atoms with E-state index < -0.39 is 0 Å². The van der Waals surface area contributed by atoms with Gasteiger partial charge in [-0.05, 0) is 30.9 Å². The Labute approximate surface area is 163 Å². The summed E-state index contributed by atoms with van der Waals surface area (Å²) >= 11 is 0. The number of guanidine groups is 1. The second kappa shape index (κ2) is 10.3. The highest BCUT2D eigenvalue weighted by Gasteiger charge is 2.28. The molecule has 2 atom stereocenters. The lowest BCUT2D eigenvalue weighted by molar-refractivity contribution is -0.133. The van der Waals surface area contributed by atoms with Crippen LogP contribution in [0, 0.1) is 11.8 Å². The van der Waals surface area contributed by atoms with Gasteiger partial charge in [-0.3, -0.25) is 14.8 Å². The van der Waals surface area contributed by atoms with Crippen LogP contribution >= 0.6 is 0 Å². The number of carbonyl (C=O) groups is 1. The highest BCUT2D eigenvalue weighted by Crippen LogP contribution is 2.24. The Morgan fingerprint density at radius 1 is 1.37 bits per heavy atom. The van der Waals surface area contributed by atoms with Crippen molar-refractivity contribution in [2.75, 3.05) is 26.2 Å². The van der Waals surface area contributed by atoms with Crippen LogP contribution in [0.5, 0.6) is 0 Å². The number of hydrogen-bond donors (Lipinski definition) is 2. The summed E-state index contributed by atoms with van der Waals surface area (Å²) in [6.45, 7) is 13.5. The first-order chi connectivity index (χ1) is 12.9. The molecule has 1 saturated heterocycles. The maximum absolute atomic E-state index is 12.2. The predicted molar refractivity (Wildman–Crippen MR) is 111 cm³/mol. The zero-order chi connectivity index (χ0) is 19.8. The van der Waals surface area contributed by atoms with Gasteiger partial charge in [-0.25, -0.2) is 0 Å². The molecule has 2 N–H and O–H groups in total. The van der Waals surface area contributed by atoms with Crippen molar-refractivity contribution in [1.82, 2.24) is 20.5 Å². The molecular formula is C21H35N5O. The molecule has 0 saturated carbocycles. The molecule has 6 heteroatoms. The highest BCUT2D eigenvalue weighted by molar-refractivity contribution is 5.81. The van der Waals surface area contributed by atoms with Crippen LogP contribution in [-0.4, -0.2) is 54.0 Å². The summed E-state index contributed by atoms with van der Waals surface area (Å²) in [7, 11) is 0. The summed E-state index contributed by atoms with van der Waals surface area (Å²) in [5, 5.41) is 6.86. The average Bonchev–Trinajstić information content (AvgIpc) is 3.10. The van der Waals surface area contributed by atoms with Crippen molar-refractivity contribution in [2.24, 2.45) is 16.8 Å². The first kappa shape index (κ1) is 21.2. The standard InChI is InChI=1S/C21H35N5O/c1-6-23-21(25-18-9-11-26(14-18)20(27)16(4)5)24-13-19(15(2)3)17-8-7-10-22-12-17/h7-8,10,12,15-16,18-19H,6,9,11,13-14H2,1-5H3,(H2,23,24,25). The van der Waals surface area contributed by atoms with Crippen molar-refractivity contribution in [3.8, 4) is 0 Å². The fourth-order valence-corrected chi connectivity index (χ4v) is 3.44. The molecule has 1 aliphatic rings. The number of aromatic nitrogens is 1. The van der Waals surface area contributed by atoms with Gasteiger partial charge in [0.05, 0.1) is 0 Å². The van der Waals surface area contributed by atoms with E-state index in [1.54, 1.807) is 6.20 Å². The molecule has 0 spiro atoms. The monoisotopic (exact) mass is 373 g/mol. The summed E-state index contributed by atoms with van der Waals surface area (Å²) < 4.78 is 0. The van der Waals surface area contributed by atoms with Crippen LogP contribution in [0.25, 0.3) is 0 Å². The molecule has 1 fully saturated rings. The van der Waals surface area contributed by atoms with E-state index in [-0.39, 0.29) is 17.9 Å². The number of amides is 1. The third kappa shape index (κ3) is 6.22. The fourth-order valence-electron chi connectivity index (χ4n) is 3.44. The topological polar surface area (TPSA) is 69.6 Å². The van der Waals surface area contributed by atoms with E-state index in [4.69, 9.17) is 4.99 Å². The van der Waals surface area contributed by atoms with Gasteiger partial charge >= 0.3 is 0 Å². The minimum absolute atomic E-state index is 0.0527. The molecule has 150 valence electrons. The van der Waals surface area contributed by atoms with Crippen LogP contribution in [-0.2, 0) is 4.79 Å². The van der Waals surface area contributed by atoms with E-state index in [0.717, 1.165) is 32.0 Å². The minimum Gasteiger partial charge on any atom is -0.357 e. The summed E-state index contributed by atoms with van der Waals surface area (Å²) in [5.74, 6) is 1.92. The number of nitrogens with one attached hydrogen (secondary N) is 2. The average molecular weight is 374 g/mol. The van der Waals surface area contributed by atoms with Crippen LogP contribution in [0.15, 0.2) is 29.5 Å². The second-order valence-electron chi connectivity index (χ2n) is 7.93. The van der Waals surface area contributed by atoms with E-state index in [2.05, 4.69) is 42.5 Å². The van der Waals surface area contributed by atoms with Crippen molar-refractivity contribution >= 4 is 11.9 Å². The number of hydrogen-bond acceptors (Lipinski definition) is 3. The summed E-state index contributed by atoms with van der Waals surface area (Å²) in [6, 6.07) is 4.36. The van der Waals surface area contributed by atoms with Gasteiger partial charge in [0.15, 0.2) is 5.96 Å². The Hall–Kier alpha value is -2.11. The smallest absolute Gasteiger partial charge is 0.225 e. The quantitative estimate of drug-likeness (QED) is 0.569. The Bertz CT molecular complexity index is 614. The molecule has 1 amide bonds. The molecule has 2 unspecified atom stereocenters. The van der Waals surface area contributed by atoms with Crippen LogP contribution in [0.3, 0.4) is 0 Å². The van der Waals surface area contributed by atoms with Gasteiger partial charge in [-0.15, -0.1) is 0 Å². The number of pyridine rings is 1. The largest absolute Gasteiger partial charge is 0.357 e. The van der Waals surface area contributed by atoms with Crippen LogP contribution in [0.2, 0.25) is 0 Å². The number of aliphatic imine (C=N–C) groups is 1. The van der Waals surface area contributed by atoms with E-state index in [1.807, 2.05) is 31.0 Å². The summed E-state index contributed by atoms with van der Waals surface area (Å²) in [5.41, 5.74) is 1.22. The number of carbonyl (C=O) groups excluding carboxylic acids is 1. The number of rotatable bonds is 7. The Balaban J connectivity index is 2.00. The van der Waals surface area contributed by atoms with Gasteiger partial charge < -0.3 is 15.5 Å². The predicted octanol–water partition coefficient (Wildman–Crippen LogP) is 2.63. The van der Waals surface area contributed by atoms with Crippen molar-refractivity contribution < 1.29 is 4.79 Å². The van der Waals surface area contributed by atoms with Gasteiger partial charge in [0.2, 0.25) is 5.91 Å². The molecule has 0 aliphatic carbocycles. The molecular weight excluding hydrogens is 338 g/mol. The van der Waals surface area contributed by atoms with Gasteiger partial charge in [-0.1, -0.05) is 33.8 Å². The highest BCUT2D eigenvalue weighted by atomic mass is 16.2. The first-order valence-corrected chi connectivity index (χ1v) is 10.2. The molecule has 2 heterocycles. The lowest BCUT2D eigenvalue weighted by atomic mass is 9.89. The molecule has 0 radical (unpaired) electrons. The summed E-state index contributed by atoms with van der Waals surface area (Å²) in [6.07, 6.45) is 4.70. The van der Waals surface area contributed by atoms with Gasteiger partial charge in [0, 0.05) is 56.5 Å². The Morgan fingerprint density at radius 3 is 2.74 bits per heavy atom. The minimum atomic E-state index is 0.0527. The van der Waals surface area contributed by atoms with Crippen molar-refractivity contribution in [3.63, 3.8) is 0 Å². The van der Waals surface area contributed by atoms with E-state index in [1.165, 1.54) is 5.56 Å². The van der Waals surface area contributed by atoms with Gasteiger partial charge in [0.25, 0.3) is 0 Å². The molecule has 0 aromatic carbocycles. The number of likely N-dealkylation sites (tertiary alicyclic amines) is 1. The second-order valence-corrected chi connectivity index (χ2v) is 7.93. The van der Waals surface area contributed by atoms with E-state index >= 15 is 0 Å². The molecule has 1 aromatic rings. The van der Waals surface area contributed by atoms with Crippen molar-refractivity contribution in [1.29, 1.82) is 0 Å². The van der Waals surface area contributed by atoms with Crippen LogP contribution in [0.4, 0.5) is 0 Å². The van der Waals surface area contributed by atoms with Crippen LogP contribution < -0.4 is 10.6 Å². The van der Waals surface area contributed by atoms with E-state index in [9.17, 15) is 4.79 Å². The third-order valence-corrected chi connectivity index (χ3v) is 5.04. The van der Waals surface area contributed by atoms with Gasteiger partial charge in [-0.2, -0.15) is 0 Å². The molecule has 27 heavy (non-hydrogen) atoms. The zero-order valence-corrected chi connectivity index (χ0v) is 17.4. The van der Waals surface area contributed by atoms with Crippen molar-refractivity contribution in [3.05, 3.63) is 30.1 Å². The zero-order valence-electron chi connectivity index (χ0n) is 17.4. The lowest BCUT2D eigenvalue weighted by Crippen LogP contribution is -2.45. The Kier molecular flexibility index (Phi) is 8.07. The van der Waals surface area contributed by atoms with Crippen LogP contribution in [0.1, 0.15) is 52.5 Å². The number of nitrogens with zero attached hydrogens (tertiary/aromatic N) is 3. The Morgan fingerprint density at radius 2 is 2.15 bits per heavy atom.